The average molecular weight is 225 g/mol. The Kier molecular flexibility index (Phi) is 4.44. The minimum Gasteiger partial charge on any atom is -0.497 e. The molecule has 1 aromatic carbocycles. The average Bonchev–Trinajstić information content (AvgIpc) is 2.28. The minimum absolute atomic E-state index is 0.367. The molecule has 0 radical (unpaired) electrons. The summed E-state index contributed by atoms with van der Waals surface area (Å²) in [5, 5.41) is 10.7. The fourth-order valence-electron chi connectivity index (χ4n) is 1.32. The van der Waals surface area contributed by atoms with Crippen LogP contribution < -0.4 is 14.8 Å². The third-order valence-corrected chi connectivity index (χ3v) is 2.10. The molecule has 0 aliphatic carbocycles. The molecule has 0 aromatic heterocycles. The van der Waals surface area contributed by atoms with E-state index >= 15 is 0 Å². The normalized spacial score (nSPS) is 9.62. The van der Waals surface area contributed by atoms with Gasteiger partial charge in [0.15, 0.2) is 0 Å². The van der Waals surface area contributed by atoms with Crippen LogP contribution >= 0.6 is 0 Å². The number of rotatable bonds is 5. The van der Waals surface area contributed by atoms with Gasteiger partial charge >= 0.3 is 6.09 Å². The molecule has 0 aliphatic heterocycles. The first kappa shape index (κ1) is 12.2. The predicted molar refractivity (Wildman–Crippen MR) is 59.3 cm³/mol. The molecule has 0 bridgehead atoms. The highest BCUT2D eigenvalue weighted by molar-refractivity contribution is 5.64. The molecule has 0 saturated carbocycles. The van der Waals surface area contributed by atoms with Crippen LogP contribution in [0.1, 0.15) is 5.56 Å². The highest BCUT2D eigenvalue weighted by atomic mass is 16.5. The first-order valence-electron chi connectivity index (χ1n) is 4.84. The molecule has 1 rings (SSSR count). The SMILES string of the molecule is COc1cc(CCNC(=O)O)cc(OC)c1. The standard InChI is InChI=1S/C11H15NO4/c1-15-9-5-8(3-4-12-11(13)14)6-10(7-9)16-2/h5-7,12H,3-4H2,1-2H3,(H,13,14). The lowest BCUT2D eigenvalue weighted by Crippen LogP contribution is -2.23. The molecule has 16 heavy (non-hydrogen) atoms. The molecule has 0 atom stereocenters. The lowest BCUT2D eigenvalue weighted by atomic mass is 10.1. The molecule has 1 aromatic rings. The molecular formula is C11H15NO4. The Hall–Kier alpha value is -1.91. The lowest BCUT2D eigenvalue weighted by Gasteiger charge is -2.08. The number of methoxy groups -OCH3 is 2. The van der Waals surface area contributed by atoms with Crippen molar-refractivity contribution in [1.82, 2.24) is 5.32 Å². The Labute approximate surface area is 94.0 Å². The van der Waals surface area contributed by atoms with Crippen molar-refractivity contribution in [2.75, 3.05) is 20.8 Å². The van der Waals surface area contributed by atoms with Gasteiger partial charge in [0.25, 0.3) is 0 Å². The maximum atomic E-state index is 10.3. The van der Waals surface area contributed by atoms with Gasteiger partial charge in [-0.25, -0.2) is 4.79 Å². The van der Waals surface area contributed by atoms with E-state index in [0.29, 0.717) is 24.5 Å². The smallest absolute Gasteiger partial charge is 0.404 e. The molecule has 88 valence electrons. The van der Waals surface area contributed by atoms with Gasteiger partial charge in [-0.1, -0.05) is 0 Å². The van der Waals surface area contributed by atoms with E-state index in [1.54, 1.807) is 20.3 Å². The van der Waals surface area contributed by atoms with E-state index in [9.17, 15) is 4.79 Å². The van der Waals surface area contributed by atoms with Crippen LogP contribution in [0.15, 0.2) is 18.2 Å². The van der Waals surface area contributed by atoms with Gasteiger partial charge in [-0.3, -0.25) is 0 Å². The van der Waals surface area contributed by atoms with Gasteiger partial charge in [-0.2, -0.15) is 0 Å². The molecule has 0 fully saturated rings. The molecule has 1 amide bonds. The van der Waals surface area contributed by atoms with Crippen molar-refractivity contribution >= 4 is 6.09 Å². The Morgan fingerprint density at radius 3 is 2.25 bits per heavy atom. The van der Waals surface area contributed by atoms with Gasteiger partial charge in [-0.05, 0) is 24.1 Å². The van der Waals surface area contributed by atoms with Crippen LogP contribution in [0, 0.1) is 0 Å². The summed E-state index contributed by atoms with van der Waals surface area (Å²) in [6.45, 7) is 0.367. The number of carbonyl (C=O) groups is 1. The Morgan fingerprint density at radius 1 is 1.25 bits per heavy atom. The zero-order valence-electron chi connectivity index (χ0n) is 9.32. The van der Waals surface area contributed by atoms with E-state index < -0.39 is 6.09 Å². The van der Waals surface area contributed by atoms with Crippen LogP contribution in [0.5, 0.6) is 11.5 Å². The fourth-order valence-corrected chi connectivity index (χ4v) is 1.32. The van der Waals surface area contributed by atoms with E-state index in [2.05, 4.69) is 5.32 Å². The number of ether oxygens (including phenoxy) is 2. The molecule has 0 unspecified atom stereocenters. The summed E-state index contributed by atoms with van der Waals surface area (Å²) >= 11 is 0. The molecule has 0 spiro atoms. The van der Waals surface area contributed by atoms with Gasteiger partial charge in [0.1, 0.15) is 11.5 Å². The number of benzene rings is 1. The van der Waals surface area contributed by atoms with E-state index in [1.165, 1.54) is 0 Å². The second kappa shape index (κ2) is 5.85. The predicted octanol–water partition coefficient (Wildman–Crippen LogP) is 1.51. The Morgan fingerprint density at radius 2 is 1.81 bits per heavy atom. The largest absolute Gasteiger partial charge is 0.497 e. The summed E-state index contributed by atoms with van der Waals surface area (Å²) in [4.78, 5) is 10.3. The molecule has 0 heterocycles. The topological polar surface area (TPSA) is 67.8 Å². The van der Waals surface area contributed by atoms with Gasteiger partial charge in [0, 0.05) is 12.6 Å². The number of carboxylic acid groups (broad SMARTS) is 1. The summed E-state index contributed by atoms with van der Waals surface area (Å²) in [7, 11) is 3.15. The number of hydrogen-bond donors (Lipinski definition) is 2. The van der Waals surface area contributed by atoms with Crippen molar-refractivity contribution in [3.8, 4) is 11.5 Å². The fraction of sp³-hybridized carbons (Fsp3) is 0.364. The second-order valence-corrected chi connectivity index (χ2v) is 3.20. The Bertz CT molecular complexity index is 343. The van der Waals surface area contributed by atoms with E-state index in [4.69, 9.17) is 14.6 Å². The zero-order chi connectivity index (χ0) is 12.0. The van der Waals surface area contributed by atoms with Crippen molar-refractivity contribution in [2.45, 2.75) is 6.42 Å². The van der Waals surface area contributed by atoms with Crippen molar-refractivity contribution in [1.29, 1.82) is 0 Å². The number of hydrogen-bond acceptors (Lipinski definition) is 3. The Balaban J connectivity index is 2.67. The minimum atomic E-state index is -1.02. The molecule has 5 nitrogen and oxygen atoms in total. The number of amides is 1. The van der Waals surface area contributed by atoms with Crippen LogP contribution in [0.3, 0.4) is 0 Å². The maximum absolute atomic E-state index is 10.3. The van der Waals surface area contributed by atoms with E-state index in [1.807, 2.05) is 12.1 Å². The summed E-state index contributed by atoms with van der Waals surface area (Å²) in [5.74, 6) is 1.40. The summed E-state index contributed by atoms with van der Waals surface area (Å²) in [6, 6.07) is 5.48. The third kappa shape index (κ3) is 3.68. The van der Waals surface area contributed by atoms with Gasteiger partial charge < -0.3 is 19.9 Å². The van der Waals surface area contributed by atoms with Crippen molar-refractivity contribution in [3.63, 3.8) is 0 Å². The van der Waals surface area contributed by atoms with Gasteiger partial charge in [-0.15, -0.1) is 0 Å². The van der Waals surface area contributed by atoms with Gasteiger partial charge in [0.05, 0.1) is 14.2 Å². The number of nitrogens with one attached hydrogen (secondary N) is 1. The van der Waals surface area contributed by atoms with Crippen LogP contribution in [-0.2, 0) is 6.42 Å². The van der Waals surface area contributed by atoms with Crippen LogP contribution in [-0.4, -0.2) is 32.0 Å². The first-order chi connectivity index (χ1) is 7.65. The van der Waals surface area contributed by atoms with E-state index in [-0.39, 0.29) is 0 Å². The van der Waals surface area contributed by atoms with E-state index in [0.717, 1.165) is 5.56 Å². The maximum Gasteiger partial charge on any atom is 0.404 e. The molecule has 2 N–H and O–H groups in total. The first-order valence-corrected chi connectivity index (χ1v) is 4.84. The summed E-state index contributed by atoms with van der Waals surface area (Å²) in [6.07, 6.45) is -0.422. The molecular weight excluding hydrogens is 210 g/mol. The van der Waals surface area contributed by atoms with Crippen molar-refractivity contribution in [2.24, 2.45) is 0 Å². The summed E-state index contributed by atoms with van der Waals surface area (Å²) < 4.78 is 10.2. The van der Waals surface area contributed by atoms with Crippen molar-refractivity contribution in [3.05, 3.63) is 23.8 Å². The second-order valence-electron chi connectivity index (χ2n) is 3.20. The monoisotopic (exact) mass is 225 g/mol. The molecule has 5 heteroatoms. The molecule has 0 aliphatic rings. The highest BCUT2D eigenvalue weighted by Gasteiger charge is 2.02. The van der Waals surface area contributed by atoms with Gasteiger partial charge in [0.2, 0.25) is 0 Å². The van der Waals surface area contributed by atoms with Crippen LogP contribution in [0.4, 0.5) is 4.79 Å². The zero-order valence-corrected chi connectivity index (χ0v) is 9.32. The van der Waals surface area contributed by atoms with Crippen LogP contribution in [0.25, 0.3) is 0 Å². The summed E-state index contributed by atoms with van der Waals surface area (Å²) in [5.41, 5.74) is 0.963. The van der Waals surface area contributed by atoms with Crippen LogP contribution in [0.2, 0.25) is 0 Å². The lowest BCUT2D eigenvalue weighted by molar-refractivity contribution is 0.194. The third-order valence-electron chi connectivity index (χ3n) is 2.10. The van der Waals surface area contributed by atoms with Crippen molar-refractivity contribution < 1.29 is 19.4 Å². The highest BCUT2D eigenvalue weighted by Crippen LogP contribution is 2.22. The molecule has 0 saturated heterocycles. The quantitative estimate of drug-likeness (QED) is 0.797.